The standard InChI is InChI=1S/C15H18Cl3N5/c1-19-15(20-6-5-10-3-4-13(17)21-8-10)22-9-11-7-12(16)14(18)23(11)2/h3-4,7-8H,5-6,9H2,1-2H3,(H2,19,20,22). The van der Waals surface area contributed by atoms with Crippen molar-refractivity contribution < 1.29 is 0 Å². The van der Waals surface area contributed by atoms with Crippen molar-refractivity contribution in [2.45, 2.75) is 13.0 Å². The highest BCUT2D eigenvalue weighted by Gasteiger charge is 2.09. The molecule has 2 heterocycles. The van der Waals surface area contributed by atoms with Crippen LogP contribution in [0.2, 0.25) is 15.3 Å². The van der Waals surface area contributed by atoms with Gasteiger partial charge in [-0.2, -0.15) is 0 Å². The third kappa shape index (κ3) is 5.03. The van der Waals surface area contributed by atoms with Gasteiger partial charge >= 0.3 is 0 Å². The van der Waals surface area contributed by atoms with Crippen molar-refractivity contribution in [2.75, 3.05) is 13.6 Å². The van der Waals surface area contributed by atoms with Crippen molar-refractivity contribution in [3.05, 3.63) is 51.0 Å². The van der Waals surface area contributed by atoms with E-state index in [1.165, 1.54) is 0 Å². The second-order valence-corrected chi connectivity index (χ2v) is 6.08. The number of hydrogen-bond donors (Lipinski definition) is 2. The second kappa shape index (κ2) is 8.43. The van der Waals surface area contributed by atoms with Crippen LogP contribution in [-0.4, -0.2) is 29.1 Å². The van der Waals surface area contributed by atoms with Gasteiger partial charge in [0, 0.05) is 32.5 Å². The van der Waals surface area contributed by atoms with Crippen molar-refractivity contribution in [3.8, 4) is 0 Å². The van der Waals surface area contributed by atoms with Gasteiger partial charge in [0.15, 0.2) is 5.96 Å². The van der Waals surface area contributed by atoms with E-state index in [2.05, 4.69) is 20.6 Å². The zero-order valence-corrected chi connectivity index (χ0v) is 15.2. The molecule has 124 valence electrons. The Balaban J connectivity index is 1.81. The first-order valence-electron chi connectivity index (χ1n) is 7.05. The average molecular weight is 375 g/mol. The molecule has 0 aliphatic carbocycles. The minimum Gasteiger partial charge on any atom is -0.356 e. The number of nitrogens with one attached hydrogen (secondary N) is 2. The molecule has 0 fully saturated rings. The summed E-state index contributed by atoms with van der Waals surface area (Å²) < 4.78 is 1.84. The van der Waals surface area contributed by atoms with Gasteiger partial charge in [0.25, 0.3) is 0 Å². The molecule has 0 aliphatic rings. The summed E-state index contributed by atoms with van der Waals surface area (Å²) in [5, 5.41) is 8.05. The zero-order valence-electron chi connectivity index (χ0n) is 12.9. The molecule has 2 N–H and O–H groups in total. The molecule has 2 aromatic rings. The van der Waals surface area contributed by atoms with Gasteiger partial charge in [-0.25, -0.2) is 4.98 Å². The summed E-state index contributed by atoms with van der Waals surface area (Å²) in [7, 11) is 3.60. The van der Waals surface area contributed by atoms with Gasteiger partial charge in [0.1, 0.15) is 10.3 Å². The normalized spacial score (nSPS) is 11.6. The molecule has 2 aromatic heterocycles. The summed E-state index contributed by atoms with van der Waals surface area (Å²) in [4.78, 5) is 8.25. The third-order valence-electron chi connectivity index (χ3n) is 3.37. The molecule has 0 spiro atoms. The van der Waals surface area contributed by atoms with E-state index in [1.54, 1.807) is 19.3 Å². The minimum absolute atomic E-state index is 0.499. The molecule has 0 bridgehead atoms. The summed E-state index contributed by atoms with van der Waals surface area (Å²) in [5.74, 6) is 0.709. The molecule has 23 heavy (non-hydrogen) atoms. The monoisotopic (exact) mass is 373 g/mol. The largest absolute Gasteiger partial charge is 0.356 e. The first-order valence-corrected chi connectivity index (χ1v) is 8.19. The number of hydrogen-bond acceptors (Lipinski definition) is 2. The van der Waals surface area contributed by atoms with Crippen LogP contribution < -0.4 is 10.6 Å². The lowest BCUT2D eigenvalue weighted by Gasteiger charge is -2.12. The van der Waals surface area contributed by atoms with Gasteiger partial charge in [-0.3, -0.25) is 4.99 Å². The lowest BCUT2D eigenvalue weighted by molar-refractivity contribution is 0.746. The van der Waals surface area contributed by atoms with Crippen molar-refractivity contribution in [1.82, 2.24) is 20.2 Å². The third-order valence-corrected chi connectivity index (χ3v) is 4.44. The number of rotatable bonds is 5. The molecular formula is C15H18Cl3N5. The summed E-state index contributed by atoms with van der Waals surface area (Å²) in [6.45, 7) is 1.31. The van der Waals surface area contributed by atoms with Crippen molar-refractivity contribution in [2.24, 2.45) is 12.0 Å². The maximum atomic E-state index is 6.05. The molecule has 0 amide bonds. The lowest BCUT2D eigenvalue weighted by atomic mass is 10.2. The number of nitrogens with zero attached hydrogens (tertiary/aromatic N) is 3. The Morgan fingerprint density at radius 3 is 2.61 bits per heavy atom. The van der Waals surface area contributed by atoms with Crippen molar-refractivity contribution in [1.29, 1.82) is 0 Å². The number of aromatic nitrogens is 2. The maximum absolute atomic E-state index is 6.05. The Bertz CT molecular complexity index is 679. The Morgan fingerprint density at radius 1 is 1.26 bits per heavy atom. The van der Waals surface area contributed by atoms with Gasteiger partial charge in [0.2, 0.25) is 0 Å². The highest BCUT2D eigenvalue weighted by atomic mass is 35.5. The Labute approximate surface area is 150 Å². The van der Waals surface area contributed by atoms with Gasteiger partial charge in [-0.1, -0.05) is 40.9 Å². The van der Waals surface area contributed by atoms with Crippen LogP contribution >= 0.6 is 34.8 Å². The van der Waals surface area contributed by atoms with Crippen LogP contribution in [0.1, 0.15) is 11.3 Å². The fraction of sp³-hybridized carbons (Fsp3) is 0.333. The Kier molecular flexibility index (Phi) is 6.57. The van der Waals surface area contributed by atoms with E-state index in [0.717, 1.165) is 24.2 Å². The molecule has 0 saturated heterocycles. The fourth-order valence-electron chi connectivity index (χ4n) is 2.03. The van der Waals surface area contributed by atoms with Crippen molar-refractivity contribution >= 4 is 40.8 Å². The number of pyridine rings is 1. The molecule has 5 nitrogen and oxygen atoms in total. The molecule has 2 rings (SSSR count). The van der Waals surface area contributed by atoms with E-state index < -0.39 is 0 Å². The molecular weight excluding hydrogens is 357 g/mol. The minimum atomic E-state index is 0.499. The molecule has 0 radical (unpaired) electrons. The SMILES string of the molecule is CN=C(NCCc1ccc(Cl)nc1)NCc1cc(Cl)c(Cl)n1C. The molecule has 0 aliphatic heterocycles. The summed E-state index contributed by atoms with van der Waals surface area (Å²) in [5.41, 5.74) is 2.09. The van der Waals surface area contributed by atoms with Crippen LogP contribution in [0.4, 0.5) is 0 Å². The van der Waals surface area contributed by atoms with Gasteiger partial charge in [-0.05, 0) is 24.1 Å². The Hall–Kier alpha value is -1.43. The van der Waals surface area contributed by atoms with E-state index in [9.17, 15) is 0 Å². The van der Waals surface area contributed by atoms with Crippen LogP contribution in [0.15, 0.2) is 29.4 Å². The first-order chi connectivity index (χ1) is 11.0. The quantitative estimate of drug-likeness (QED) is 0.480. The van der Waals surface area contributed by atoms with E-state index in [0.29, 0.717) is 27.8 Å². The average Bonchev–Trinajstić information content (AvgIpc) is 2.79. The summed E-state index contributed by atoms with van der Waals surface area (Å²) >= 11 is 17.8. The predicted molar refractivity (Wildman–Crippen MR) is 96.6 cm³/mol. The Morgan fingerprint density at radius 2 is 2.04 bits per heavy atom. The highest BCUT2D eigenvalue weighted by molar-refractivity contribution is 6.41. The van der Waals surface area contributed by atoms with E-state index in [1.807, 2.05) is 23.7 Å². The molecule has 0 aromatic carbocycles. The number of aliphatic imine (C=N–C) groups is 1. The number of halogens is 3. The second-order valence-electron chi connectivity index (χ2n) is 4.93. The van der Waals surface area contributed by atoms with E-state index >= 15 is 0 Å². The zero-order chi connectivity index (χ0) is 16.8. The maximum Gasteiger partial charge on any atom is 0.191 e. The van der Waals surface area contributed by atoms with Crippen molar-refractivity contribution in [3.63, 3.8) is 0 Å². The van der Waals surface area contributed by atoms with Gasteiger partial charge < -0.3 is 15.2 Å². The number of guanidine groups is 1. The summed E-state index contributed by atoms with van der Waals surface area (Å²) in [6.07, 6.45) is 2.60. The van der Waals surface area contributed by atoms with Crippen LogP contribution in [-0.2, 0) is 20.0 Å². The van der Waals surface area contributed by atoms with Gasteiger partial charge in [-0.15, -0.1) is 0 Å². The summed E-state index contributed by atoms with van der Waals surface area (Å²) in [6, 6.07) is 5.58. The van der Waals surface area contributed by atoms with Crippen LogP contribution in [0.3, 0.4) is 0 Å². The van der Waals surface area contributed by atoms with Crippen LogP contribution in [0.25, 0.3) is 0 Å². The molecule has 0 unspecified atom stereocenters. The van der Waals surface area contributed by atoms with Gasteiger partial charge in [0.05, 0.1) is 11.6 Å². The molecule has 0 atom stereocenters. The highest BCUT2D eigenvalue weighted by Crippen LogP contribution is 2.24. The topological polar surface area (TPSA) is 54.2 Å². The fourth-order valence-corrected chi connectivity index (χ4v) is 2.56. The molecule has 0 saturated carbocycles. The predicted octanol–water partition coefficient (Wildman–Crippen LogP) is 3.29. The van der Waals surface area contributed by atoms with E-state index in [4.69, 9.17) is 34.8 Å². The molecule has 8 heteroatoms. The first kappa shape index (κ1) is 17.9. The lowest BCUT2D eigenvalue weighted by Crippen LogP contribution is -2.38. The smallest absolute Gasteiger partial charge is 0.191 e. The van der Waals surface area contributed by atoms with E-state index in [-0.39, 0.29) is 0 Å². The van der Waals surface area contributed by atoms with Crippen LogP contribution in [0.5, 0.6) is 0 Å². The van der Waals surface area contributed by atoms with Crippen LogP contribution in [0, 0.1) is 0 Å².